The minimum absolute atomic E-state index is 0.0475. The van der Waals surface area contributed by atoms with Gasteiger partial charge in [0.2, 0.25) is 0 Å². The summed E-state index contributed by atoms with van der Waals surface area (Å²) in [6.07, 6.45) is -6.71. The number of benzene rings is 2. The fraction of sp³-hybridized carbons (Fsp3) is 0.345. The minimum atomic E-state index is -5.08. The summed E-state index contributed by atoms with van der Waals surface area (Å²) < 4.78 is 98.8. The molecule has 45 heavy (non-hydrogen) atoms. The Bertz CT molecular complexity index is 1670. The molecule has 0 aliphatic carbocycles. The second-order valence-electron chi connectivity index (χ2n) is 10.4. The third kappa shape index (κ3) is 7.38. The number of hydrogen-bond acceptors (Lipinski definition) is 7. The molecule has 9 nitrogen and oxygen atoms in total. The molecule has 240 valence electrons. The van der Waals surface area contributed by atoms with Crippen LogP contribution in [0.3, 0.4) is 0 Å². The Balaban J connectivity index is 0.000000515. The maximum Gasteiger partial charge on any atom is 0.490 e. The number of carboxylic acid groups (broad SMARTS) is 1. The van der Waals surface area contributed by atoms with Crippen LogP contribution in [0.5, 0.6) is 11.5 Å². The highest BCUT2D eigenvalue weighted by molar-refractivity contribution is 5.75. The average molecular weight is 642 g/mol. The Hall–Kier alpha value is -4.60. The van der Waals surface area contributed by atoms with Crippen molar-refractivity contribution in [1.29, 1.82) is 0 Å². The number of imidazole rings is 1. The average Bonchev–Trinajstić information content (AvgIpc) is 3.38. The third-order valence-corrected chi connectivity index (χ3v) is 7.23. The molecule has 1 unspecified atom stereocenters. The van der Waals surface area contributed by atoms with E-state index in [0.29, 0.717) is 23.3 Å². The van der Waals surface area contributed by atoms with Crippen LogP contribution in [0.25, 0.3) is 11.2 Å². The van der Waals surface area contributed by atoms with Gasteiger partial charge in [0.15, 0.2) is 29.1 Å². The van der Waals surface area contributed by atoms with Crippen LogP contribution in [0.4, 0.5) is 36.4 Å². The first-order valence-corrected chi connectivity index (χ1v) is 13.5. The predicted molar refractivity (Wildman–Crippen MR) is 147 cm³/mol. The zero-order valence-electron chi connectivity index (χ0n) is 23.6. The number of piperazine rings is 1. The first kappa shape index (κ1) is 31.8. The predicted octanol–water partition coefficient (Wildman–Crippen LogP) is 5.54. The lowest BCUT2D eigenvalue weighted by Gasteiger charge is -2.33. The van der Waals surface area contributed by atoms with Crippen molar-refractivity contribution in [3.8, 4) is 11.5 Å². The smallest absolute Gasteiger partial charge is 0.485 e. The van der Waals surface area contributed by atoms with Crippen LogP contribution in [0, 0.1) is 5.82 Å². The normalized spacial score (nSPS) is 17.2. The lowest BCUT2D eigenvalue weighted by Crippen LogP contribution is -2.44. The van der Waals surface area contributed by atoms with Gasteiger partial charge in [0.1, 0.15) is 12.1 Å². The van der Waals surface area contributed by atoms with Crippen molar-refractivity contribution in [2.45, 2.75) is 25.0 Å². The molecule has 0 saturated carbocycles. The Kier molecular flexibility index (Phi) is 8.78. The number of carboxylic acids is 1. The summed E-state index contributed by atoms with van der Waals surface area (Å²) in [4.78, 5) is 22.6. The summed E-state index contributed by atoms with van der Waals surface area (Å²) in [6, 6.07) is 9.68. The van der Waals surface area contributed by atoms with Gasteiger partial charge in [-0.3, -0.25) is 0 Å². The van der Waals surface area contributed by atoms with Gasteiger partial charge < -0.3 is 28.9 Å². The number of pyridine rings is 1. The van der Waals surface area contributed by atoms with Crippen molar-refractivity contribution >= 4 is 22.8 Å². The van der Waals surface area contributed by atoms with Crippen molar-refractivity contribution in [3.63, 3.8) is 0 Å². The van der Waals surface area contributed by atoms with Crippen LogP contribution in [0.15, 0.2) is 55.0 Å². The van der Waals surface area contributed by atoms with Crippen molar-refractivity contribution < 1.29 is 50.1 Å². The lowest BCUT2D eigenvalue weighted by atomic mass is 10.1. The molecule has 4 aromatic rings. The zero-order chi connectivity index (χ0) is 32.5. The van der Waals surface area contributed by atoms with E-state index < -0.39 is 35.8 Å². The van der Waals surface area contributed by atoms with E-state index in [9.17, 15) is 26.3 Å². The number of likely N-dealkylation sites (N-methyl/N-ethyl adjacent to an activating group) is 1. The lowest BCUT2D eigenvalue weighted by molar-refractivity contribution is -0.192. The Morgan fingerprint density at radius 2 is 1.67 bits per heavy atom. The van der Waals surface area contributed by atoms with Crippen LogP contribution in [-0.2, 0) is 17.5 Å². The topological polar surface area (TPSA) is 93.0 Å². The molecular weight excluding hydrogens is 615 g/mol. The maximum absolute atomic E-state index is 15.1. The number of carbonyl (C=O) groups is 1. The Morgan fingerprint density at radius 1 is 1.00 bits per heavy atom. The van der Waals surface area contributed by atoms with Crippen molar-refractivity contribution in [2.24, 2.45) is 0 Å². The minimum Gasteiger partial charge on any atom is -0.485 e. The summed E-state index contributed by atoms with van der Waals surface area (Å²) >= 11 is 0. The van der Waals surface area contributed by atoms with Crippen molar-refractivity contribution in [1.82, 2.24) is 19.4 Å². The second-order valence-corrected chi connectivity index (χ2v) is 10.4. The van der Waals surface area contributed by atoms with E-state index in [1.807, 2.05) is 16.8 Å². The number of halogens is 7. The molecule has 0 bridgehead atoms. The fourth-order valence-corrected chi connectivity index (χ4v) is 4.82. The second kappa shape index (κ2) is 12.4. The van der Waals surface area contributed by atoms with E-state index in [1.165, 1.54) is 18.2 Å². The first-order valence-electron chi connectivity index (χ1n) is 13.5. The molecule has 2 aliphatic rings. The molecule has 1 N–H and O–H groups in total. The molecule has 6 rings (SSSR count). The SMILES string of the molecule is CN1CCN(c2cnc3c(c2)ncn3Cc2cc(F)c3c(c2)OCC(c2ccc(C(F)(F)F)cc2)O3)CC1.O=C(O)C(F)(F)F. The number of hydrogen-bond donors (Lipinski definition) is 1. The summed E-state index contributed by atoms with van der Waals surface area (Å²) in [5.41, 5.74) is 2.84. The van der Waals surface area contributed by atoms with Crippen molar-refractivity contribution in [2.75, 3.05) is 44.7 Å². The quantitative estimate of drug-likeness (QED) is 0.291. The summed E-state index contributed by atoms with van der Waals surface area (Å²) in [5.74, 6) is -3.18. The van der Waals surface area contributed by atoms with E-state index >= 15 is 4.39 Å². The molecule has 2 aromatic heterocycles. The molecular formula is C29H26F7N5O4. The molecule has 1 atom stereocenters. The van der Waals surface area contributed by atoms with Gasteiger partial charge in [0, 0.05) is 26.2 Å². The third-order valence-electron chi connectivity index (χ3n) is 7.23. The van der Waals surface area contributed by atoms with Crippen LogP contribution >= 0.6 is 0 Å². The summed E-state index contributed by atoms with van der Waals surface area (Å²) in [5, 5.41) is 7.12. The van der Waals surface area contributed by atoms with Gasteiger partial charge in [-0.1, -0.05) is 12.1 Å². The van der Waals surface area contributed by atoms with Gasteiger partial charge >= 0.3 is 18.3 Å². The van der Waals surface area contributed by atoms with Crippen LogP contribution in [-0.4, -0.2) is 76.5 Å². The van der Waals surface area contributed by atoms with Crippen LogP contribution in [0.2, 0.25) is 0 Å². The van der Waals surface area contributed by atoms with E-state index in [-0.39, 0.29) is 18.1 Å². The van der Waals surface area contributed by atoms with E-state index in [1.54, 1.807) is 12.4 Å². The molecule has 16 heteroatoms. The molecule has 1 fully saturated rings. The highest BCUT2D eigenvalue weighted by Gasteiger charge is 2.38. The number of anilines is 1. The molecule has 0 radical (unpaired) electrons. The van der Waals surface area contributed by atoms with E-state index in [0.717, 1.165) is 49.5 Å². The van der Waals surface area contributed by atoms with E-state index in [2.05, 4.69) is 26.8 Å². The fourth-order valence-electron chi connectivity index (χ4n) is 4.82. The molecule has 2 aromatic carbocycles. The van der Waals surface area contributed by atoms with Gasteiger partial charge in [-0.2, -0.15) is 26.3 Å². The zero-order valence-corrected chi connectivity index (χ0v) is 23.6. The highest BCUT2D eigenvalue weighted by Crippen LogP contribution is 2.40. The molecule has 0 spiro atoms. The monoisotopic (exact) mass is 641 g/mol. The number of ether oxygens (including phenoxy) is 2. The van der Waals surface area contributed by atoms with Gasteiger partial charge in [0.05, 0.1) is 30.3 Å². The molecule has 0 amide bonds. The van der Waals surface area contributed by atoms with Gasteiger partial charge in [-0.25, -0.2) is 19.2 Å². The maximum atomic E-state index is 15.1. The number of fused-ring (bicyclic) bond motifs is 2. The highest BCUT2D eigenvalue weighted by atomic mass is 19.4. The molecule has 2 aliphatic heterocycles. The first-order chi connectivity index (χ1) is 21.2. The van der Waals surface area contributed by atoms with E-state index in [4.69, 9.17) is 19.4 Å². The standard InChI is InChI=1S/C27H25F4N5O2.C2HF3O2/c1-34-6-8-35(9-7-34)20-12-22-26(32-13-20)36(16-33-22)14-17-10-21(28)25-23(11-17)37-15-24(38-25)18-2-4-19(5-3-18)27(29,30)31;3-2(4,5)1(6)7/h2-5,10-13,16,24H,6-9,14-15H2,1H3;(H,6,7). The van der Waals surface area contributed by atoms with Gasteiger partial charge in [-0.05, 0) is 48.5 Å². The van der Waals surface area contributed by atoms with Gasteiger partial charge in [0.25, 0.3) is 0 Å². The number of aliphatic carboxylic acids is 1. The Morgan fingerprint density at radius 3 is 2.29 bits per heavy atom. The summed E-state index contributed by atoms with van der Waals surface area (Å²) in [7, 11) is 2.11. The molecule has 4 heterocycles. The van der Waals surface area contributed by atoms with Gasteiger partial charge in [-0.15, -0.1) is 0 Å². The number of alkyl halides is 6. The largest absolute Gasteiger partial charge is 0.490 e. The number of nitrogens with zero attached hydrogens (tertiary/aromatic N) is 5. The number of rotatable bonds is 4. The van der Waals surface area contributed by atoms with Crippen LogP contribution in [0.1, 0.15) is 22.8 Å². The van der Waals surface area contributed by atoms with Crippen molar-refractivity contribution in [3.05, 3.63) is 77.5 Å². The molecule has 1 saturated heterocycles. The summed E-state index contributed by atoms with van der Waals surface area (Å²) in [6.45, 7) is 4.22. The number of aromatic nitrogens is 3. The van der Waals surface area contributed by atoms with Crippen LogP contribution < -0.4 is 14.4 Å². The Labute approximate surface area is 251 Å².